The summed E-state index contributed by atoms with van der Waals surface area (Å²) in [6.45, 7) is -0.437. The van der Waals surface area contributed by atoms with Crippen molar-refractivity contribution in [3.8, 4) is 0 Å². The third kappa shape index (κ3) is 2.69. The predicted molar refractivity (Wildman–Crippen MR) is 59.2 cm³/mol. The zero-order chi connectivity index (χ0) is 14.3. The number of carboxylic acid groups (broad SMARTS) is 1. The molecule has 2 saturated carbocycles. The fourth-order valence-corrected chi connectivity index (χ4v) is 3.48. The van der Waals surface area contributed by atoms with Crippen molar-refractivity contribution in [1.29, 1.82) is 0 Å². The Morgan fingerprint density at radius 2 is 1.74 bits per heavy atom. The number of halogens is 3. The van der Waals surface area contributed by atoms with Crippen LogP contribution in [-0.2, 0) is 9.59 Å². The van der Waals surface area contributed by atoms with Crippen LogP contribution in [0.25, 0.3) is 0 Å². The molecular formula is C12H16F3NO3. The molecule has 0 saturated heterocycles. The number of nitrogens with one attached hydrogen (secondary N) is 1. The molecule has 2 aliphatic rings. The van der Waals surface area contributed by atoms with Gasteiger partial charge in [0, 0.05) is 6.54 Å². The normalized spacial score (nSPS) is 34.1. The molecule has 0 aliphatic heterocycles. The Morgan fingerprint density at radius 1 is 1.21 bits per heavy atom. The molecule has 1 amide bonds. The lowest BCUT2D eigenvalue weighted by molar-refractivity contribution is -0.174. The first-order chi connectivity index (χ1) is 8.74. The summed E-state index contributed by atoms with van der Waals surface area (Å²) in [5, 5.41) is 11.0. The molecule has 19 heavy (non-hydrogen) atoms. The second-order valence-electron chi connectivity index (χ2n) is 5.63. The lowest BCUT2D eigenvalue weighted by atomic mass is 9.83. The minimum atomic E-state index is -4.96. The standard InChI is InChI=1S/C12H16F3NO3/c13-12(14,15)9(17)16-6-11(10(18)19)4-7-2-1-3-8(7)5-11/h7-8H,1-6H2,(H,16,17)(H,18,19). The Balaban J connectivity index is 2.02. The average molecular weight is 279 g/mol. The summed E-state index contributed by atoms with van der Waals surface area (Å²) < 4.78 is 36.4. The highest BCUT2D eigenvalue weighted by atomic mass is 19.4. The van der Waals surface area contributed by atoms with Crippen molar-refractivity contribution in [3.63, 3.8) is 0 Å². The maximum atomic E-state index is 12.1. The Morgan fingerprint density at radius 3 is 2.16 bits per heavy atom. The highest BCUT2D eigenvalue weighted by Crippen LogP contribution is 2.52. The fraction of sp³-hybridized carbons (Fsp3) is 0.833. The van der Waals surface area contributed by atoms with Crippen molar-refractivity contribution < 1.29 is 27.9 Å². The first kappa shape index (κ1) is 14.1. The van der Waals surface area contributed by atoms with Crippen LogP contribution in [0.5, 0.6) is 0 Å². The van der Waals surface area contributed by atoms with Gasteiger partial charge in [-0.2, -0.15) is 13.2 Å². The summed E-state index contributed by atoms with van der Waals surface area (Å²) in [7, 11) is 0. The number of alkyl halides is 3. The highest BCUT2D eigenvalue weighted by molar-refractivity contribution is 5.83. The molecule has 2 unspecified atom stereocenters. The minimum absolute atomic E-state index is 0.277. The van der Waals surface area contributed by atoms with E-state index in [0.717, 1.165) is 19.3 Å². The SMILES string of the molecule is O=C(NCC1(C(=O)O)CC2CCCC2C1)C(F)(F)F. The van der Waals surface area contributed by atoms with Gasteiger partial charge in [-0.15, -0.1) is 0 Å². The molecule has 0 heterocycles. The summed E-state index contributed by atoms with van der Waals surface area (Å²) in [5.41, 5.74) is -1.23. The van der Waals surface area contributed by atoms with Crippen LogP contribution in [0.15, 0.2) is 0 Å². The molecule has 0 aromatic rings. The quantitative estimate of drug-likeness (QED) is 0.829. The number of rotatable bonds is 3. The molecule has 2 rings (SSSR count). The highest BCUT2D eigenvalue weighted by Gasteiger charge is 2.52. The van der Waals surface area contributed by atoms with Gasteiger partial charge >= 0.3 is 18.1 Å². The van der Waals surface area contributed by atoms with Crippen molar-refractivity contribution in [3.05, 3.63) is 0 Å². The Bertz CT molecular complexity index is 382. The van der Waals surface area contributed by atoms with E-state index in [-0.39, 0.29) is 11.8 Å². The topological polar surface area (TPSA) is 66.4 Å². The van der Waals surface area contributed by atoms with Crippen LogP contribution in [0, 0.1) is 17.3 Å². The second-order valence-corrected chi connectivity index (χ2v) is 5.63. The zero-order valence-electron chi connectivity index (χ0n) is 10.3. The van der Waals surface area contributed by atoms with E-state index in [1.807, 2.05) is 0 Å². The smallest absolute Gasteiger partial charge is 0.471 e. The molecule has 2 atom stereocenters. The van der Waals surface area contributed by atoms with Crippen LogP contribution in [0.4, 0.5) is 13.2 Å². The number of carbonyl (C=O) groups is 2. The molecule has 0 aromatic heterocycles. The lowest BCUT2D eigenvalue weighted by Gasteiger charge is -2.25. The molecule has 7 heteroatoms. The molecule has 2 fully saturated rings. The van der Waals surface area contributed by atoms with Gasteiger partial charge in [0.2, 0.25) is 0 Å². The van der Waals surface area contributed by atoms with Gasteiger partial charge in [0.1, 0.15) is 0 Å². The number of fused-ring (bicyclic) bond motifs is 1. The van der Waals surface area contributed by atoms with Crippen LogP contribution in [-0.4, -0.2) is 29.7 Å². The molecule has 0 radical (unpaired) electrons. The molecule has 0 aromatic carbocycles. The third-order valence-electron chi connectivity index (χ3n) is 4.42. The number of amides is 1. The second kappa shape index (κ2) is 4.68. The molecule has 108 valence electrons. The Labute approximate surface area is 108 Å². The average Bonchev–Trinajstić information content (AvgIpc) is 2.82. The van der Waals surface area contributed by atoms with Crippen LogP contribution < -0.4 is 5.32 Å². The van der Waals surface area contributed by atoms with Crippen molar-refractivity contribution in [1.82, 2.24) is 5.32 Å². The van der Waals surface area contributed by atoms with E-state index in [9.17, 15) is 27.9 Å². The monoisotopic (exact) mass is 279 g/mol. The summed E-state index contributed by atoms with van der Waals surface area (Å²) in [6.07, 6.45) is -1.30. The number of carboxylic acids is 1. The van der Waals surface area contributed by atoms with E-state index in [1.165, 1.54) is 0 Å². The maximum Gasteiger partial charge on any atom is 0.471 e. The first-order valence-corrected chi connectivity index (χ1v) is 6.33. The molecule has 2 N–H and O–H groups in total. The van der Waals surface area contributed by atoms with E-state index in [0.29, 0.717) is 12.8 Å². The van der Waals surface area contributed by atoms with Crippen LogP contribution in [0.1, 0.15) is 32.1 Å². The van der Waals surface area contributed by atoms with Gasteiger partial charge in [-0.25, -0.2) is 0 Å². The minimum Gasteiger partial charge on any atom is -0.481 e. The van der Waals surface area contributed by atoms with Crippen LogP contribution in [0.2, 0.25) is 0 Å². The number of aliphatic carboxylic acids is 1. The van der Waals surface area contributed by atoms with Crippen LogP contribution in [0.3, 0.4) is 0 Å². The van der Waals surface area contributed by atoms with Crippen molar-refractivity contribution in [2.24, 2.45) is 17.3 Å². The number of hydrogen-bond donors (Lipinski definition) is 2. The van der Waals surface area contributed by atoms with Gasteiger partial charge < -0.3 is 10.4 Å². The van der Waals surface area contributed by atoms with Gasteiger partial charge in [0.15, 0.2) is 0 Å². The van der Waals surface area contributed by atoms with Gasteiger partial charge in [-0.1, -0.05) is 19.3 Å². The Kier molecular flexibility index (Phi) is 3.49. The molecule has 0 spiro atoms. The Hall–Kier alpha value is -1.27. The first-order valence-electron chi connectivity index (χ1n) is 6.33. The zero-order valence-corrected chi connectivity index (χ0v) is 10.3. The molecule has 2 aliphatic carbocycles. The number of carbonyl (C=O) groups excluding carboxylic acids is 1. The number of hydrogen-bond acceptors (Lipinski definition) is 2. The van der Waals surface area contributed by atoms with E-state index in [2.05, 4.69) is 0 Å². The lowest BCUT2D eigenvalue weighted by Crippen LogP contribution is -2.46. The van der Waals surface area contributed by atoms with E-state index in [4.69, 9.17) is 0 Å². The van der Waals surface area contributed by atoms with Crippen LogP contribution >= 0.6 is 0 Å². The fourth-order valence-electron chi connectivity index (χ4n) is 3.48. The summed E-state index contributed by atoms with van der Waals surface area (Å²) in [5.74, 6) is -2.62. The third-order valence-corrected chi connectivity index (χ3v) is 4.42. The van der Waals surface area contributed by atoms with Gasteiger partial charge in [-0.3, -0.25) is 9.59 Å². The van der Waals surface area contributed by atoms with Gasteiger partial charge in [-0.05, 0) is 24.7 Å². The summed E-state index contributed by atoms with van der Waals surface area (Å²) in [4.78, 5) is 22.2. The maximum absolute atomic E-state index is 12.1. The molecule has 4 nitrogen and oxygen atoms in total. The van der Waals surface area contributed by atoms with Gasteiger partial charge in [0.05, 0.1) is 5.41 Å². The van der Waals surface area contributed by atoms with Crippen molar-refractivity contribution >= 4 is 11.9 Å². The van der Waals surface area contributed by atoms with E-state index >= 15 is 0 Å². The molecular weight excluding hydrogens is 263 g/mol. The molecule has 0 bridgehead atoms. The largest absolute Gasteiger partial charge is 0.481 e. The van der Waals surface area contributed by atoms with E-state index in [1.54, 1.807) is 5.32 Å². The predicted octanol–water partition coefficient (Wildman–Crippen LogP) is 1.95. The summed E-state index contributed by atoms with van der Waals surface area (Å²) >= 11 is 0. The van der Waals surface area contributed by atoms with Crippen molar-refractivity contribution in [2.75, 3.05) is 6.54 Å². The van der Waals surface area contributed by atoms with E-state index < -0.39 is 30.0 Å². The summed E-state index contributed by atoms with van der Waals surface area (Å²) in [6, 6.07) is 0. The van der Waals surface area contributed by atoms with Crippen molar-refractivity contribution in [2.45, 2.75) is 38.3 Å². The van der Waals surface area contributed by atoms with Gasteiger partial charge in [0.25, 0.3) is 0 Å².